The van der Waals surface area contributed by atoms with Crippen molar-refractivity contribution in [3.63, 3.8) is 0 Å². The molecule has 0 aliphatic rings. The number of benzene rings is 1. The van der Waals surface area contributed by atoms with Gasteiger partial charge in [0.2, 0.25) is 0 Å². The minimum absolute atomic E-state index is 0.121. The van der Waals surface area contributed by atoms with Crippen molar-refractivity contribution in [1.29, 1.82) is 0 Å². The van der Waals surface area contributed by atoms with Gasteiger partial charge in [-0.15, -0.1) is 0 Å². The average molecular weight is 385 g/mol. The summed E-state index contributed by atoms with van der Waals surface area (Å²) in [5, 5.41) is 9.59. The highest BCUT2D eigenvalue weighted by atomic mass is 32.2. The van der Waals surface area contributed by atoms with Crippen LogP contribution in [0.2, 0.25) is 0 Å². The SMILES string of the molecule is CCCCCCCCCCCCCCCc1cc(O)cc(S(=O)(=O)O)c1. The summed E-state index contributed by atoms with van der Waals surface area (Å²) in [7, 11) is -4.27. The summed E-state index contributed by atoms with van der Waals surface area (Å²) in [5.41, 5.74) is 0.751. The summed E-state index contributed by atoms with van der Waals surface area (Å²) < 4.78 is 31.4. The molecule has 0 atom stereocenters. The van der Waals surface area contributed by atoms with Gasteiger partial charge in [0, 0.05) is 6.07 Å². The highest BCUT2D eigenvalue weighted by Crippen LogP contribution is 2.21. The van der Waals surface area contributed by atoms with Crippen LogP contribution in [-0.2, 0) is 16.5 Å². The molecule has 0 bridgehead atoms. The Bertz CT molecular complexity index is 596. The van der Waals surface area contributed by atoms with Gasteiger partial charge in [-0.1, -0.05) is 84.0 Å². The molecule has 26 heavy (non-hydrogen) atoms. The molecule has 0 aliphatic carbocycles. The van der Waals surface area contributed by atoms with E-state index in [-0.39, 0.29) is 10.6 Å². The molecule has 1 rings (SSSR count). The van der Waals surface area contributed by atoms with Crippen LogP contribution >= 0.6 is 0 Å². The van der Waals surface area contributed by atoms with E-state index in [9.17, 15) is 13.5 Å². The molecular formula is C21H36O4S. The largest absolute Gasteiger partial charge is 0.508 e. The first kappa shape index (κ1) is 23.0. The Morgan fingerprint density at radius 3 is 1.65 bits per heavy atom. The molecule has 0 radical (unpaired) electrons. The van der Waals surface area contributed by atoms with Gasteiger partial charge in [0.25, 0.3) is 10.1 Å². The van der Waals surface area contributed by atoms with Gasteiger partial charge < -0.3 is 5.11 Å². The van der Waals surface area contributed by atoms with Gasteiger partial charge in [0.05, 0.1) is 4.90 Å². The highest BCUT2D eigenvalue weighted by molar-refractivity contribution is 7.85. The third kappa shape index (κ3) is 10.8. The third-order valence-corrected chi connectivity index (χ3v) is 5.65. The molecule has 0 heterocycles. The molecular weight excluding hydrogens is 348 g/mol. The quantitative estimate of drug-likeness (QED) is 0.276. The van der Waals surface area contributed by atoms with Crippen LogP contribution in [0.25, 0.3) is 0 Å². The molecule has 0 amide bonds. The Kier molecular flexibility index (Phi) is 11.6. The van der Waals surface area contributed by atoms with E-state index in [1.807, 2.05) is 0 Å². The monoisotopic (exact) mass is 384 g/mol. The van der Waals surface area contributed by atoms with Crippen LogP contribution < -0.4 is 0 Å². The lowest BCUT2D eigenvalue weighted by Gasteiger charge is -2.06. The van der Waals surface area contributed by atoms with E-state index in [0.29, 0.717) is 6.42 Å². The minimum atomic E-state index is -4.27. The standard InChI is InChI=1S/C21H36O4S/c1-2-3-4-5-6-7-8-9-10-11-12-13-14-15-19-16-20(22)18-21(17-19)26(23,24)25/h16-18,22H,2-15H2,1H3,(H,23,24,25). The first-order valence-corrected chi connectivity index (χ1v) is 11.7. The van der Waals surface area contributed by atoms with Crippen LogP contribution in [0.15, 0.2) is 23.1 Å². The number of rotatable bonds is 15. The average Bonchev–Trinajstić information content (AvgIpc) is 2.58. The van der Waals surface area contributed by atoms with E-state index in [4.69, 9.17) is 4.55 Å². The molecule has 0 aromatic heterocycles. The van der Waals surface area contributed by atoms with Crippen molar-refractivity contribution in [1.82, 2.24) is 0 Å². The predicted molar refractivity (Wildman–Crippen MR) is 107 cm³/mol. The smallest absolute Gasteiger partial charge is 0.294 e. The van der Waals surface area contributed by atoms with Crippen LogP contribution in [0.5, 0.6) is 5.75 Å². The van der Waals surface area contributed by atoms with Gasteiger partial charge >= 0.3 is 0 Å². The predicted octanol–water partition coefficient (Wildman–Crippen LogP) is 6.27. The van der Waals surface area contributed by atoms with Gasteiger partial charge in [0.1, 0.15) is 5.75 Å². The molecule has 0 saturated carbocycles. The number of phenolic OH excluding ortho intramolecular Hbond substituents is 1. The summed E-state index contributed by atoms with van der Waals surface area (Å²) in [6.45, 7) is 2.25. The van der Waals surface area contributed by atoms with E-state index in [1.165, 1.54) is 76.7 Å². The highest BCUT2D eigenvalue weighted by Gasteiger charge is 2.11. The number of hydrogen-bond donors (Lipinski definition) is 2. The van der Waals surface area contributed by atoms with Gasteiger partial charge in [-0.2, -0.15) is 8.42 Å². The molecule has 0 saturated heterocycles. The molecule has 0 fully saturated rings. The molecule has 1 aromatic rings. The van der Waals surface area contributed by atoms with Crippen molar-refractivity contribution in [2.75, 3.05) is 0 Å². The fraction of sp³-hybridized carbons (Fsp3) is 0.714. The minimum Gasteiger partial charge on any atom is -0.508 e. The van der Waals surface area contributed by atoms with Gasteiger partial charge in [-0.3, -0.25) is 4.55 Å². The number of phenols is 1. The van der Waals surface area contributed by atoms with Crippen LogP contribution in [-0.4, -0.2) is 18.1 Å². The van der Waals surface area contributed by atoms with E-state index < -0.39 is 10.1 Å². The van der Waals surface area contributed by atoms with Crippen LogP contribution in [0.1, 0.15) is 96.0 Å². The maximum atomic E-state index is 11.2. The summed E-state index contributed by atoms with van der Waals surface area (Å²) in [6.07, 6.45) is 17.4. The lowest BCUT2D eigenvalue weighted by Crippen LogP contribution is -1.99. The Balaban J connectivity index is 2.05. The van der Waals surface area contributed by atoms with Crippen LogP contribution in [0.4, 0.5) is 0 Å². The number of aromatic hydroxyl groups is 1. The maximum absolute atomic E-state index is 11.2. The Hall–Kier alpha value is -1.07. The van der Waals surface area contributed by atoms with E-state index >= 15 is 0 Å². The Morgan fingerprint density at radius 1 is 0.731 bits per heavy atom. The molecule has 0 unspecified atom stereocenters. The van der Waals surface area contributed by atoms with Crippen molar-refractivity contribution in [2.24, 2.45) is 0 Å². The fourth-order valence-electron chi connectivity index (χ4n) is 3.28. The molecule has 4 nitrogen and oxygen atoms in total. The first-order valence-electron chi connectivity index (χ1n) is 10.2. The van der Waals surface area contributed by atoms with E-state index in [1.54, 1.807) is 6.07 Å². The van der Waals surface area contributed by atoms with E-state index in [2.05, 4.69) is 6.92 Å². The number of unbranched alkanes of at least 4 members (excludes halogenated alkanes) is 12. The zero-order valence-electron chi connectivity index (χ0n) is 16.3. The number of hydrogen-bond acceptors (Lipinski definition) is 3. The van der Waals surface area contributed by atoms with Crippen molar-refractivity contribution >= 4 is 10.1 Å². The molecule has 5 heteroatoms. The molecule has 150 valence electrons. The van der Waals surface area contributed by atoms with Gasteiger partial charge in [0.15, 0.2) is 0 Å². The van der Waals surface area contributed by atoms with Gasteiger partial charge in [-0.05, 0) is 30.5 Å². The van der Waals surface area contributed by atoms with Crippen molar-refractivity contribution in [2.45, 2.75) is 102 Å². The van der Waals surface area contributed by atoms with E-state index in [0.717, 1.165) is 24.5 Å². The first-order chi connectivity index (χ1) is 12.4. The summed E-state index contributed by atoms with van der Waals surface area (Å²) >= 11 is 0. The second-order valence-corrected chi connectivity index (χ2v) is 8.72. The number of aryl methyl sites for hydroxylation is 1. The topological polar surface area (TPSA) is 74.6 Å². The summed E-state index contributed by atoms with van der Waals surface area (Å²) in [4.78, 5) is -0.234. The summed E-state index contributed by atoms with van der Waals surface area (Å²) in [5.74, 6) is -0.121. The molecule has 0 spiro atoms. The van der Waals surface area contributed by atoms with Crippen molar-refractivity contribution < 1.29 is 18.1 Å². The third-order valence-electron chi connectivity index (χ3n) is 4.82. The lowest BCUT2D eigenvalue weighted by molar-refractivity contribution is 0.465. The zero-order valence-corrected chi connectivity index (χ0v) is 17.1. The Labute approximate surface area is 159 Å². The second-order valence-electron chi connectivity index (χ2n) is 7.30. The van der Waals surface area contributed by atoms with Crippen LogP contribution in [0, 0.1) is 0 Å². The zero-order chi connectivity index (χ0) is 19.3. The second kappa shape index (κ2) is 13.2. The molecule has 1 aromatic carbocycles. The molecule has 0 aliphatic heterocycles. The summed E-state index contributed by atoms with van der Waals surface area (Å²) in [6, 6.07) is 4.08. The normalized spacial score (nSPS) is 11.8. The fourth-order valence-corrected chi connectivity index (χ4v) is 3.85. The lowest BCUT2D eigenvalue weighted by atomic mass is 10.0. The van der Waals surface area contributed by atoms with Crippen LogP contribution in [0.3, 0.4) is 0 Å². The van der Waals surface area contributed by atoms with Gasteiger partial charge in [-0.25, -0.2) is 0 Å². The van der Waals surface area contributed by atoms with Crippen molar-refractivity contribution in [3.05, 3.63) is 23.8 Å². The van der Waals surface area contributed by atoms with Crippen molar-refractivity contribution in [3.8, 4) is 5.75 Å². The Morgan fingerprint density at radius 2 is 1.19 bits per heavy atom. The maximum Gasteiger partial charge on any atom is 0.294 e. The molecule has 2 N–H and O–H groups in total.